The summed E-state index contributed by atoms with van der Waals surface area (Å²) < 4.78 is 0. The number of nitrogens with two attached hydrogens (primary N) is 1. The van der Waals surface area contributed by atoms with Crippen molar-refractivity contribution in [2.45, 2.75) is 19.0 Å². The van der Waals surface area contributed by atoms with Gasteiger partial charge in [-0.3, -0.25) is 9.69 Å². The van der Waals surface area contributed by atoms with E-state index in [0.29, 0.717) is 16.3 Å². The molecular formula is C18H22ClN5O. The Hall–Kier alpha value is -2.02. The zero-order valence-electron chi connectivity index (χ0n) is 14.4. The lowest BCUT2D eigenvalue weighted by atomic mass is 10.1. The Morgan fingerprint density at radius 3 is 2.68 bits per heavy atom. The molecule has 0 aliphatic carbocycles. The molecular weight excluding hydrogens is 338 g/mol. The predicted octanol–water partition coefficient (Wildman–Crippen LogP) is 2.03. The van der Waals surface area contributed by atoms with Crippen molar-refractivity contribution >= 4 is 17.5 Å². The van der Waals surface area contributed by atoms with Crippen molar-refractivity contribution in [3.63, 3.8) is 0 Å². The molecule has 7 heteroatoms. The topological polar surface area (TPSA) is 75.4 Å². The van der Waals surface area contributed by atoms with E-state index in [9.17, 15) is 4.79 Å². The normalized spacial score (nSPS) is 17.7. The first-order chi connectivity index (χ1) is 11.9. The Labute approximate surface area is 152 Å². The molecule has 1 fully saturated rings. The highest BCUT2D eigenvalue weighted by Gasteiger charge is 2.19. The van der Waals surface area contributed by atoms with Gasteiger partial charge in [-0.1, -0.05) is 17.7 Å². The molecule has 1 aromatic heterocycles. The number of rotatable bonds is 4. The van der Waals surface area contributed by atoms with E-state index in [1.807, 2.05) is 18.2 Å². The van der Waals surface area contributed by atoms with Crippen LogP contribution >= 0.6 is 11.6 Å². The number of nitrogens with zero attached hydrogens (tertiary/aromatic N) is 4. The van der Waals surface area contributed by atoms with Gasteiger partial charge in [-0.2, -0.15) is 10.2 Å². The third-order valence-corrected chi connectivity index (χ3v) is 4.63. The van der Waals surface area contributed by atoms with Gasteiger partial charge in [0.25, 0.3) is 5.91 Å². The van der Waals surface area contributed by atoms with Gasteiger partial charge in [-0.05, 0) is 30.7 Å². The van der Waals surface area contributed by atoms with Crippen LogP contribution in [0.4, 0.5) is 0 Å². The molecule has 132 valence electrons. The van der Waals surface area contributed by atoms with Crippen LogP contribution in [0.15, 0.2) is 30.3 Å². The summed E-state index contributed by atoms with van der Waals surface area (Å²) >= 11 is 6.35. The number of benzene rings is 1. The molecule has 1 amide bonds. The van der Waals surface area contributed by atoms with Crippen molar-refractivity contribution in [3.05, 3.63) is 46.6 Å². The number of carbonyl (C=O) groups is 1. The zero-order valence-corrected chi connectivity index (χ0v) is 15.2. The van der Waals surface area contributed by atoms with Crippen molar-refractivity contribution in [3.8, 4) is 11.3 Å². The standard InChI is InChI=1S/C18H22ClN5O/c1-23(2)18(25)12-3-5-15(16(19)9-12)17-6-4-14(21-22-17)11-24-8-7-13(20)10-24/h3-6,9,13H,7-8,10-11,20H2,1-2H3. The molecule has 1 atom stereocenters. The Morgan fingerprint density at radius 1 is 1.32 bits per heavy atom. The van der Waals surface area contributed by atoms with Gasteiger partial charge in [0.05, 0.1) is 16.4 Å². The van der Waals surface area contributed by atoms with Crippen LogP contribution in [0.5, 0.6) is 0 Å². The molecule has 2 N–H and O–H groups in total. The van der Waals surface area contributed by atoms with Crippen LogP contribution in [-0.4, -0.2) is 59.1 Å². The van der Waals surface area contributed by atoms with E-state index < -0.39 is 0 Å². The largest absolute Gasteiger partial charge is 0.345 e. The molecule has 0 radical (unpaired) electrons. The van der Waals surface area contributed by atoms with Crippen LogP contribution in [0.2, 0.25) is 5.02 Å². The molecule has 3 rings (SSSR count). The van der Waals surface area contributed by atoms with Gasteiger partial charge in [0.15, 0.2) is 0 Å². The third kappa shape index (κ3) is 4.15. The average Bonchev–Trinajstić information content (AvgIpc) is 3.00. The van der Waals surface area contributed by atoms with Crippen molar-refractivity contribution in [2.24, 2.45) is 5.73 Å². The summed E-state index contributed by atoms with van der Waals surface area (Å²) in [5.74, 6) is -0.0845. The molecule has 1 aliphatic rings. The van der Waals surface area contributed by atoms with Gasteiger partial charge in [0.1, 0.15) is 0 Å². The Kier molecular flexibility index (Phi) is 5.32. The van der Waals surface area contributed by atoms with E-state index in [1.54, 1.807) is 26.2 Å². The van der Waals surface area contributed by atoms with E-state index in [0.717, 1.165) is 37.3 Å². The van der Waals surface area contributed by atoms with Gasteiger partial charge in [0, 0.05) is 50.9 Å². The third-order valence-electron chi connectivity index (χ3n) is 4.31. The van der Waals surface area contributed by atoms with Crippen molar-refractivity contribution in [1.82, 2.24) is 20.0 Å². The highest BCUT2D eigenvalue weighted by atomic mass is 35.5. The second kappa shape index (κ2) is 7.47. The number of halogens is 1. The van der Waals surface area contributed by atoms with E-state index >= 15 is 0 Å². The lowest BCUT2D eigenvalue weighted by molar-refractivity contribution is 0.0827. The number of aromatic nitrogens is 2. The first-order valence-electron chi connectivity index (χ1n) is 8.26. The van der Waals surface area contributed by atoms with Gasteiger partial charge in [-0.25, -0.2) is 0 Å². The van der Waals surface area contributed by atoms with Crippen LogP contribution in [0, 0.1) is 0 Å². The maximum Gasteiger partial charge on any atom is 0.253 e. The zero-order chi connectivity index (χ0) is 18.0. The van der Waals surface area contributed by atoms with Crippen LogP contribution in [0.3, 0.4) is 0 Å². The summed E-state index contributed by atoms with van der Waals surface area (Å²) in [4.78, 5) is 15.8. The summed E-state index contributed by atoms with van der Waals surface area (Å²) in [5, 5.41) is 9.08. The minimum Gasteiger partial charge on any atom is -0.345 e. The molecule has 1 saturated heterocycles. The average molecular weight is 360 g/mol. The van der Waals surface area contributed by atoms with Gasteiger partial charge < -0.3 is 10.6 Å². The quantitative estimate of drug-likeness (QED) is 0.904. The second-order valence-corrected chi connectivity index (χ2v) is 7.00. The Bertz CT molecular complexity index is 763. The summed E-state index contributed by atoms with van der Waals surface area (Å²) in [7, 11) is 3.42. The number of likely N-dealkylation sites (tertiary alicyclic amines) is 1. The first-order valence-corrected chi connectivity index (χ1v) is 8.64. The molecule has 1 aromatic carbocycles. The lowest BCUT2D eigenvalue weighted by Crippen LogP contribution is -2.26. The molecule has 0 saturated carbocycles. The molecule has 2 aromatic rings. The summed E-state index contributed by atoms with van der Waals surface area (Å²) in [5.41, 5.74) is 8.84. The number of hydrogen-bond acceptors (Lipinski definition) is 5. The van der Waals surface area contributed by atoms with Crippen molar-refractivity contribution in [2.75, 3.05) is 27.2 Å². The number of hydrogen-bond donors (Lipinski definition) is 1. The fourth-order valence-electron chi connectivity index (χ4n) is 2.94. The fraction of sp³-hybridized carbons (Fsp3) is 0.389. The van der Waals surface area contributed by atoms with Gasteiger partial charge in [-0.15, -0.1) is 0 Å². The monoisotopic (exact) mass is 359 g/mol. The molecule has 1 unspecified atom stereocenters. The second-order valence-electron chi connectivity index (χ2n) is 6.59. The molecule has 25 heavy (non-hydrogen) atoms. The van der Waals surface area contributed by atoms with E-state index in [2.05, 4.69) is 15.1 Å². The Morgan fingerprint density at radius 2 is 2.12 bits per heavy atom. The van der Waals surface area contributed by atoms with Crippen LogP contribution in [-0.2, 0) is 6.54 Å². The lowest BCUT2D eigenvalue weighted by Gasteiger charge is -2.14. The summed E-state index contributed by atoms with van der Waals surface area (Å²) in [6.45, 7) is 2.65. The van der Waals surface area contributed by atoms with E-state index in [-0.39, 0.29) is 11.9 Å². The first kappa shape index (κ1) is 17.8. The maximum absolute atomic E-state index is 12.0. The minimum absolute atomic E-state index is 0.0845. The van der Waals surface area contributed by atoms with Gasteiger partial charge in [0.2, 0.25) is 0 Å². The van der Waals surface area contributed by atoms with Crippen LogP contribution in [0.1, 0.15) is 22.5 Å². The van der Waals surface area contributed by atoms with E-state index in [1.165, 1.54) is 4.90 Å². The maximum atomic E-state index is 12.0. The van der Waals surface area contributed by atoms with Crippen molar-refractivity contribution < 1.29 is 4.79 Å². The van der Waals surface area contributed by atoms with Crippen LogP contribution < -0.4 is 5.73 Å². The summed E-state index contributed by atoms with van der Waals surface area (Å²) in [6.07, 6.45) is 1.03. The molecule has 0 spiro atoms. The van der Waals surface area contributed by atoms with E-state index in [4.69, 9.17) is 17.3 Å². The smallest absolute Gasteiger partial charge is 0.253 e. The number of carbonyl (C=O) groups excluding carboxylic acids is 1. The van der Waals surface area contributed by atoms with Crippen molar-refractivity contribution in [1.29, 1.82) is 0 Å². The highest BCUT2D eigenvalue weighted by Crippen LogP contribution is 2.27. The molecule has 1 aliphatic heterocycles. The molecule has 0 bridgehead atoms. The SMILES string of the molecule is CN(C)C(=O)c1ccc(-c2ccc(CN3CCC(N)C3)nn2)c(Cl)c1. The fourth-order valence-corrected chi connectivity index (χ4v) is 3.21. The van der Waals surface area contributed by atoms with Crippen LogP contribution in [0.25, 0.3) is 11.3 Å². The minimum atomic E-state index is -0.0845. The summed E-state index contributed by atoms with van der Waals surface area (Å²) in [6, 6.07) is 9.36. The molecule has 6 nitrogen and oxygen atoms in total. The highest BCUT2D eigenvalue weighted by molar-refractivity contribution is 6.33. The number of amides is 1. The Balaban J connectivity index is 1.74. The van der Waals surface area contributed by atoms with Gasteiger partial charge >= 0.3 is 0 Å². The molecule has 2 heterocycles. The predicted molar refractivity (Wildman–Crippen MR) is 98.4 cm³/mol.